The summed E-state index contributed by atoms with van der Waals surface area (Å²) in [6.45, 7) is 4.27. The third-order valence-electron chi connectivity index (χ3n) is 3.59. The van der Waals surface area contributed by atoms with Crippen LogP contribution in [0.1, 0.15) is 43.5 Å². The molecular formula is C13H21N5O. The number of pyridine rings is 1. The Labute approximate surface area is 113 Å². The zero-order chi connectivity index (χ0) is 13.8. The molecule has 1 aliphatic rings. The number of nitrogen functional groups attached to an aromatic ring is 1. The molecule has 0 saturated carbocycles. The molecule has 1 fully saturated rings. The Morgan fingerprint density at radius 3 is 2.74 bits per heavy atom. The Balaban J connectivity index is 2.07. The van der Waals surface area contributed by atoms with Gasteiger partial charge in [-0.1, -0.05) is 6.42 Å². The van der Waals surface area contributed by atoms with E-state index in [9.17, 15) is 4.79 Å². The van der Waals surface area contributed by atoms with Gasteiger partial charge in [-0.3, -0.25) is 10.2 Å². The van der Waals surface area contributed by atoms with Crippen molar-refractivity contribution in [3.63, 3.8) is 0 Å². The van der Waals surface area contributed by atoms with Gasteiger partial charge in [-0.05, 0) is 38.8 Å². The predicted molar refractivity (Wildman–Crippen MR) is 74.1 cm³/mol. The number of hydrogen-bond donors (Lipinski definition) is 3. The molecule has 0 aliphatic carbocycles. The largest absolute Gasteiger partial charge is 0.308 e. The maximum atomic E-state index is 12.2. The molecule has 19 heavy (non-hydrogen) atoms. The number of nitrogens with zero attached hydrogens (tertiary/aromatic N) is 2. The van der Waals surface area contributed by atoms with Gasteiger partial charge in [0.15, 0.2) is 0 Å². The summed E-state index contributed by atoms with van der Waals surface area (Å²) in [6.07, 6.45) is 4.99. The molecule has 2 rings (SSSR count). The molecule has 2 atom stereocenters. The van der Waals surface area contributed by atoms with Crippen molar-refractivity contribution in [3.8, 4) is 0 Å². The zero-order valence-corrected chi connectivity index (χ0v) is 11.4. The molecule has 6 nitrogen and oxygen atoms in total. The van der Waals surface area contributed by atoms with Crippen LogP contribution < -0.4 is 16.7 Å². The van der Waals surface area contributed by atoms with E-state index in [4.69, 9.17) is 5.84 Å². The number of hydrazine groups is 2. The zero-order valence-electron chi connectivity index (χ0n) is 11.4. The highest BCUT2D eigenvalue weighted by Gasteiger charge is 2.26. The van der Waals surface area contributed by atoms with Crippen molar-refractivity contribution in [1.82, 2.24) is 15.4 Å². The van der Waals surface area contributed by atoms with Crippen molar-refractivity contribution >= 4 is 11.7 Å². The van der Waals surface area contributed by atoms with E-state index in [1.165, 1.54) is 6.42 Å². The molecule has 6 heteroatoms. The Morgan fingerprint density at radius 2 is 2.11 bits per heavy atom. The highest BCUT2D eigenvalue weighted by Crippen LogP contribution is 2.20. The Morgan fingerprint density at radius 1 is 1.42 bits per heavy atom. The van der Waals surface area contributed by atoms with E-state index in [0.29, 0.717) is 23.5 Å². The second kappa shape index (κ2) is 5.99. The number of rotatable bonds is 3. The van der Waals surface area contributed by atoms with E-state index in [1.807, 2.05) is 5.01 Å². The van der Waals surface area contributed by atoms with Gasteiger partial charge in [0.05, 0.1) is 0 Å². The molecule has 4 N–H and O–H groups in total. The molecule has 1 amide bonds. The standard InChI is InChI=1S/C13H21N5O/c1-9-4-3-5-10(2)18(9)17-13(19)11-6-7-15-12(8-11)16-14/h6-10H,3-5,14H2,1-2H3,(H,15,16)(H,17,19). The van der Waals surface area contributed by atoms with Gasteiger partial charge in [-0.15, -0.1) is 0 Å². The van der Waals surface area contributed by atoms with Crippen molar-refractivity contribution in [3.05, 3.63) is 23.9 Å². The van der Waals surface area contributed by atoms with E-state index in [0.717, 1.165) is 12.8 Å². The number of nitrogens with one attached hydrogen (secondary N) is 2. The molecule has 0 aromatic carbocycles. The summed E-state index contributed by atoms with van der Waals surface area (Å²) >= 11 is 0. The topological polar surface area (TPSA) is 83.3 Å². The van der Waals surface area contributed by atoms with Crippen LogP contribution in [0.25, 0.3) is 0 Å². The Bertz CT molecular complexity index is 440. The molecule has 1 aromatic heterocycles. The number of nitrogens with two attached hydrogens (primary N) is 1. The smallest absolute Gasteiger partial charge is 0.265 e. The van der Waals surface area contributed by atoms with E-state index in [-0.39, 0.29) is 5.91 Å². The minimum atomic E-state index is -0.125. The number of aromatic nitrogens is 1. The summed E-state index contributed by atoms with van der Waals surface area (Å²) in [5, 5.41) is 2.04. The van der Waals surface area contributed by atoms with E-state index < -0.39 is 0 Å². The predicted octanol–water partition coefficient (Wildman–Crippen LogP) is 1.27. The average molecular weight is 263 g/mol. The number of hydrogen-bond acceptors (Lipinski definition) is 5. The van der Waals surface area contributed by atoms with Crippen LogP contribution in [0, 0.1) is 0 Å². The van der Waals surface area contributed by atoms with E-state index in [2.05, 4.69) is 29.7 Å². The molecule has 1 saturated heterocycles. The molecule has 0 bridgehead atoms. The quantitative estimate of drug-likeness (QED) is 0.565. The third-order valence-corrected chi connectivity index (χ3v) is 3.59. The highest BCUT2D eigenvalue weighted by atomic mass is 16.2. The molecule has 2 unspecified atom stereocenters. The third kappa shape index (κ3) is 3.21. The van der Waals surface area contributed by atoms with Gasteiger partial charge >= 0.3 is 0 Å². The number of amides is 1. The summed E-state index contributed by atoms with van der Waals surface area (Å²) in [6, 6.07) is 4.03. The van der Waals surface area contributed by atoms with Crippen molar-refractivity contribution < 1.29 is 4.79 Å². The molecule has 1 aliphatic heterocycles. The van der Waals surface area contributed by atoms with Gasteiger partial charge in [0.1, 0.15) is 5.82 Å². The molecule has 2 heterocycles. The molecule has 1 aromatic rings. The second-order valence-electron chi connectivity index (χ2n) is 5.05. The van der Waals surface area contributed by atoms with Crippen LogP contribution >= 0.6 is 0 Å². The van der Waals surface area contributed by atoms with Crippen LogP contribution in [0.5, 0.6) is 0 Å². The van der Waals surface area contributed by atoms with Crippen LogP contribution in [0.4, 0.5) is 5.82 Å². The lowest BCUT2D eigenvalue weighted by Crippen LogP contribution is -2.54. The molecular weight excluding hydrogens is 242 g/mol. The Hall–Kier alpha value is -1.66. The van der Waals surface area contributed by atoms with Crippen LogP contribution in [0.2, 0.25) is 0 Å². The second-order valence-corrected chi connectivity index (χ2v) is 5.05. The van der Waals surface area contributed by atoms with Gasteiger partial charge in [0.25, 0.3) is 5.91 Å². The molecule has 104 valence electrons. The monoisotopic (exact) mass is 263 g/mol. The van der Waals surface area contributed by atoms with Gasteiger partial charge in [-0.2, -0.15) is 0 Å². The first-order valence-corrected chi connectivity index (χ1v) is 6.64. The lowest BCUT2D eigenvalue weighted by atomic mass is 10.00. The summed E-state index contributed by atoms with van der Waals surface area (Å²) in [7, 11) is 0. The van der Waals surface area contributed by atoms with Crippen molar-refractivity contribution in [2.45, 2.75) is 45.2 Å². The van der Waals surface area contributed by atoms with Crippen LogP contribution in [0.15, 0.2) is 18.3 Å². The maximum absolute atomic E-state index is 12.2. The number of anilines is 1. The summed E-state index contributed by atoms with van der Waals surface area (Å²) in [4.78, 5) is 16.2. The van der Waals surface area contributed by atoms with Gasteiger partial charge in [-0.25, -0.2) is 15.8 Å². The van der Waals surface area contributed by atoms with Crippen LogP contribution in [-0.4, -0.2) is 28.0 Å². The van der Waals surface area contributed by atoms with Crippen LogP contribution in [0.3, 0.4) is 0 Å². The first kappa shape index (κ1) is 13.8. The lowest BCUT2D eigenvalue weighted by Gasteiger charge is -2.38. The highest BCUT2D eigenvalue weighted by molar-refractivity contribution is 5.94. The molecule has 0 spiro atoms. The fourth-order valence-corrected chi connectivity index (χ4v) is 2.47. The minimum Gasteiger partial charge on any atom is -0.308 e. The van der Waals surface area contributed by atoms with Gasteiger partial charge in [0, 0.05) is 23.8 Å². The number of carbonyl (C=O) groups is 1. The summed E-state index contributed by atoms with van der Waals surface area (Å²) < 4.78 is 0. The first-order valence-electron chi connectivity index (χ1n) is 6.64. The van der Waals surface area contributed by atoms with E-state index in [1.54, 1.807) is 18.3 Å². The van der Waals surface area contributed by atoms with Crippen LogP contribution in [-0.2, 0) is 0 Å². The van der Waals surface area contributed by atoms with E-state index >= 15 is 0 Å². The minimum absolute atomic E-state index is 0.125. The summed E-state index contributed by atoms with van der Waals surface area (Å²) in [5.41, 5.74) is 5.97. The average Bonchev–Trinajstić information content (AvgIpc) is 2.43. The number of piperidine rings is 1. The van der Waals surface area contributed by atoms with Crippen molar-refractivity contribution in [1.29, 1.82) is 0 Å². The summed E-state index contributed by atoms with van der Waals surface area (Å²) in [5.74, 6) is 5.65. The van der Waals surface area contributed by atoms with Crippen molar-refractivity contribution in [2.24, 2.45) is 5.84 Å². The SMILES string of the molecule is CC1CCCC(C)N1NC(=O)c1ccnc(NN)c1. The normalized spacial score (nSPS) is 23.9. The van der Waals surface area contributed by atoms with Gasteiger partial charge in [0.2, 0.25) is 0 Å². The Kier molecular flexibility index (Phi) is 4.34. The molecule has 0 radical (unpaired) electrons. The van der Waals surface area contributed by atoms with Gasteiger partial charge < -0.3 is 5.43 Å². The van der Waals surface area contributed by atoms with Crippen molar-refractivity contribution in [2.75, 3.05) is 5.43 Å². The maximum Gasteiger partial charge on any atom is 0.265 e. The first-order chi connectivity index (χ1) is 9.11. The number of carbonyl (C=O) groups excluding carboxylic acids is 1. The fourth-order valence-electron chi connectivity index (χ4n) is 2.47. The lowest BCUT2D eigenvalue weighted by molar-refractivity contribution is 0.0370. The fraction of sp³-hybridized carbons (Fsp3) is 0.538.